The van der Waals surface area contributed by atoms with Gasteiger partial charge in [-0.15, -0.1) is 11.8 Å². The predicted octanol–water partition coefficient (Wildman–Crippen LogP) is 2.18. The van der Waals surface area contributed by atoms with Gasteiger partial charge in [0.1, 0.15) is 0 Å². The van der Waals surface area contributed by atoms with Crippen LogP contribution in [0, 0.1) is 0 Å². The molecule has 0 aliphatic carbocycles. The van der Waals surface area contributed by atoms with E-state index in [4.69, 9.17) is 0 Å². The molecule has 1 heterocycles. The smallest absolute Gasteiger partial charge is 0.268 e. The van der Waals surface area contributed by atoms with Crippen LogP contribution >= 0.6 is 23.5 Å². The number of nitrogens with one attached hydrogen (secondary N) is 1. The van der Waals surface area contributed by atoms with Crippen molar-refractivity contribution in [3.05, 3.63) is 30.3 Å². The SMILES string of the molecule is CC1SCCSC1(O)C(=O)Nc1ccccc1. The number of amides is 1. The van der Waals surface area contributed by atoms with Crippen molar-refractivity contribution in [3.63, 3.8) is 0 Å². The van der Waals surface area contributed by atoms with Crippen LogP contribution in [0.5, 0.6) is 0 Å². The lowest BCUT2D eigenvalue weighted by molar-refractivity contribution is -0.126. The highest BCUT2D eigenvalue weighted by molar-refractivity contribution is 8.08. The summed E-state index contributed by atoms with van der Waals surface area (Å²) in [6.07, 6.45) is 0. The van der Waals surface area contributed by atoms with Crippen molar-refractivity contribution in [1.29, 1.82) is 0 Å². The lowest BCUT2D eigenvalue weighted by Gasteiger charge is -2.35. The molecular formula is C12H15NO2S2. The van der Waals surface area contributed by atoms with E-state index in [9.17, 15) is 9.90 Å². The van der Waals surface area contributed by atoms with Gasteiger partial charge in [-0.25, -0.2) is 0 Å². The molecule has 1 aliphatic heterocycles. The topological polar surface area (TPSA) is 49.3 Å². The van der Waals surface area contributed by atoms with Crippen LogP contribution in [0.4, 0.5) is 5.69 Å². The van der Waals surface area contributed by atoms with E-state index >= 15 is 0 Å². The van der Waals surface area contributed by atoms with E-state index in [-0.39, 0.29) is 11.2 Å². The van der Waals surface area contributed by atoms with Gasteiger partial charge in [0.15, 0.2) is 0 Å². The third-order valence-corrected chi connectivity index (χ3v) is 5.76. The molecule has 1 aliphatic rings. The minimum atomic E-state index is -1.32. The quantitative estimate of drug-likeness (QED) is 0.864. The number of rotatable bonds is 2. The fourth-order valence-electron chi connectivity index (χ4n) is 1.64. The molecule has 92 valence electrons. The first-order valence-electron chi connectivity index (χ1n) is 5.47. The molecule has 0 radical (unpaired) electrons. The Kier molecular flexibility index (Phi) is 4.01. The lowest BCUT2D eigenvalue weighted by atomic mass is 10.2. The minimum Gasteiger partial charge on any atom is -0.370 e. The van der Waals surface area contributed by atoms with E-state index in [1.54, 1.807) is 11.8 Å². The molecule has 0 aromatic heterocycles. The molecule has 1 aromatic rings. The average Bonchev–Trinajstić information content (AvgIpc) is 2.34. The van der Waals surface area contributed by atoms with Gasteiger partial charge in [0.25, 0.3) is 5.91 Å². The Morgan fingerprint density at radius 1 is 1.41 bits per heavy atom. The van der Waals surface area contributed by atoms with Crippen molar-refractivity contribution in [2.24, 2.45) is 0 Å². The number of aliphatic hydroxyl groups is 1. The first-order chi connectivity index (χ1) is 8.13. The summed E-state index contributed by atoms with van der Waals surface area (Å²) in [7, 11) is 0. The summed E-state index contributed by atoms with van der Waals surface area (Å²) in [5, 5.41) is 13.1. The summed E-state index contributed by atoms with van der Waals surface area (Å²) in [6.45, 7) is 1.89. The van der Waals surface area contributed by atoms with Crippen molar-refractivity contribution in [2.75, 3.05) is 16.8 Å². The van der Waals surface area contributed by atoms with Gasteiger partial charge >= 0.3 is 0 Å². The third-order valence-electron chi connectivity index (χ3n) is 2.68. The standard InChI is InChI=1S/C12H15NO2S2/c1-9-12(15,17-8-7-16-9)11(14)13-10-5-3-2-4-6-10/h2-6,9,15H,7-8H2,1H3,(H,13,14). The van der Waals surface area contributed by atoms with Crippen LogP contribution in [0.1, 0.15) is 6.92 Å². The summed E-state index contributed by atoms with van der Waals surface area (Å²) >= 11 is 2.96. The minimum absolute atomic E-state index is 0.0926. The molecule has 1 fully saturated rings. The first kappa shape index (κ1) is 12.8. The first-order valence-corrected chi connectivity index (χ1v) is 7.51. The van der Waals surface area contributed by atoms with Gasteiger partial charge in [0.2, 0.25) is 4.93 Å². The molecule has 0 saturated carbocycles. The molecule has 2 unspecified atom stereocenters. The molecule has 3 nitrogen and oxygen atoms in total. The van der Waals surface area contributed by atoms with Gasteiger partial charge in [0.05, 0.1) is 0 Å². The zero-order valence-corrected chi connectivity index (χ0v) is 11.2. The number of anilines is 1. The van der Waals surface area contributed by atoms with Crippen LogP contribution in [0.2, 0.25) is 0 Å². The average molecular weight is 269 g/mol. The zero-order chi connectivity index (χ0) is 12.3. The molecule has 2 rings (SSSR count). The number of thioether (sulfide) groups is 2. The van der Waals surface area contributed by atoms with Crippen LogP contribution in [-0.4, -0.2) is 32.7 Å². The Morgan fingerprint density at radius 3 is 2.76 bits per heavy atom. The molecule has 0 bridgehead atoms. The Bertz CT molecular complexity index is 399. The fourth-order valence-corrected chi connectivity index (χ4v) is 4.19. The molecular weight excluding hydrogens is 254 g/mol. The molecule has 5 heteroatoms. The van der Waals surface area contributed by atoms with Crippen molar-refractivity contribution in [1.82, 2.24) is 0 Å². The summed E-state index contributed by atoms with van der Waals surface area (Å²) < 4.78 is 0. The van der Waals surface area contributed by atoms with Gasteiger partial charge in [-0.05, 0) is 19.1 Å². The van der Waals surface area contributed by atoms with E-state index in [0.29, 0.717) is 5.69 Å². The summed E-state index contributed by atoms with van der Waals surface area (Å²) in [5.41, 5.74) is 0.717. The number of benzene rings is 1. The van der Waals surface area contributed by atoms with Crippen LogP contribution in [0.25, 0.3) is 0 Å². The highest BCUT2D eigenvalue weighted by atomic mass is 32.2. The van der Waals surface area contributed by atoms with E-state index in [1.165, 1.54) is 11.8 Å². The third kappa shape index (κ3) is 2.78. The normalized spacial score (nSPS) is 28.7. The monoisotopic (exact) mass is 269 g/mol. The van der Waals surface area contributed by atoms with Gasteiger partial charge < -0.3 is 10.4 Å². The van der Waals surface area contributed by atoms with Crippen LogP contribution in [-0.2, 0) is 4.79 Å². The zero-order valence-electron chi connectivity index (χ0n) is 9.55. The second kappa shape index (κ2) is 5.33. The van der Waals surface area contributed by atoms with Crippen LogP contribution < -0.4 is 5.32 Å². The Hall–Kier alpha value is -0.650. The molecule has 1 amide bonds. The van der Waals surface area contributed by atoms with E-state index < -0.39 is 4.93 Å². The van der Waals surface area contributed by atoms with Crippen LogP contribution in [0.3, 0.4) is 0 Å². The van der Waals surface area contributed by atoms with Crippen molar-refractivity contribution in [2.45, 2.75) is 17.1 Å². The second-order valence-electron chi connectivity index (χ2n) is 3.88. The van der Waals surface area contributed by atoms with Crippen molar-refractivity contribution in [3.8, 4) is 0 Å². The number of hydrogen-bond acceptors (Lipinski definition) is 4. The number of para-hydroxylation sites is 1. The largest absolute Gasteiger partial charge is 0.370 e. The molecule has 1 saturated heterocycles. The maximum atomic E-state index is 12.1. The maximum Gasteiger partial charge on any atom is 0.268 e. The van der Waals surface area contributed by atoms with Gasteiger partial charge in [0, 0.05) is 22.4 Å². The van der Waals surface area contributed by atoms with Gasteiger partial charge in [-0.2, -0.15) is 11.8 Å². The Labute approximate surface area is 109 Å². The van der Waals surface area contributed by atoms with Crippen LogP contribution in [0.15, 0.2) is 30.3 Å². The van der Waals surface area contributed by atoms with Crippen molar-refractivity contribution >= 4 is 35.1 Å². The maximum absolute atomic E-state index is 12.1. The molecule has 17 heavy (non-hydrogen) atoms. The van der Waals surface area contributed by atoms with Gasteiger partial charge in [-0.1, -0.05) is 18.2 Å². The number of hydrogen-bond donors (Lipinski definition) is 2. The van der Waals surface area contributed by atoms with Crippen molar-refractivity contribution < 1.29 is 9.90 Å². The number of carbonyl (C=O) groups excluding carboxylic acids is 1. The summed E-state index contributed by atoms with van der Waals surface area (Å²) in [4.78, 5) is 10.8. The lowest BCUT2D eigenvalue weighted by Crippen LogP contribution is -2.49. The number of carbonyl (C=O) groups is 1. The fraction of sp³-hybridized carbons (Fsp3) is 0.417. The highest BCUT2D eigenvalue weighted by Gasteiger charge is 2.44. The Morgan fingerprint density at radius 2 is 2.12 bits per heavy atom. The summed E-state index contributed by atoms with van der Waals surface area (Å²) in [5.74, 6) is 1.45. The summed E-state index contributed by atoms with van der Waals surface area (Å²) in [6, 6.07) is 9.22. The predicted molar refractivity (Wildman–Crippen MR) is 74.4 cm³/mol. The Balaban J connectivity index is 2.09. The second-order valence-corrected chi connectivity index (χ2v) is 6.65. The molecule has 0 spiro atoms. The molecule has 2 atom stereocenters. The molecule has 1 aromatic carbocycles. The van der Waals surface area contributed by atoms with E-state index in [1.807, 2.05) is 37.3 Å². The van der Waals surface area contributed by atoms with E-state index in [0.717, 1.165) is 11.5 Å². The molecule has 2 N–H and O–H groups in total. The van der Waals surface area contributed by atoms with E-state index in [2.05, 4.69) is 5.32 Å². The van der Waals surface area contributed by atoms with Gasteiger partial charge in [-0.3, -0.25) is 4.79 Å². The highest BCUT2D eigenvalue weighted by Crippen LogP contribution is 2.39.